The first-order chi connectivity index (χ1) is 11.2. The second kappa shape index (κ2) is 7.31. The van der Waals surface area contributed by atoms with E-state index in [0.29, 0.717) is 5.69 Å². The second-order valence-electron chi connectivity index (χ2n) is 6.42. The number of nitrogens with two attached hydrogens (primary N) is 1. The van der Waals surface area contributed by atoms with E-state index in [9.17, 15) is 9.18 Å². The first-order valence-electron chi connectivity index (χ1n) is 7.60. The highest BCUT2D eigenvalue weighted by Gasteiger charge is 2.19. The van der Waals surface area contributed by atoms with Crippen LogP contribution in [0, 0.1) is 5.82 Å². The van der Waals surface area contributed by atoms with Crippen molar-refractivity contribution in [3.8, 4) is 0 Å². The van der Waals surface area contributed by atoms with Gasteiger partial charge in [0.15, 0.2) is 0 Å². The predicted molar refractivity (Wildman–Crippen MR) is 91.6 cm³/mol. The fourth-order valence-corrected chi connectivity index (χ4v) is 2.14. The quantitative estimate of drug-likeness (QED) is 0.592. The van der Waals surface area contributed by atoms with Gasteiger partial charge in [-0.25, -0.2) is 14.6 Å². The third-order valence-electron chi connectivity index (χ3n) is 3.19. The molecule has 1 unspecified atom stereocenters. The lowest BCUT2D eigenvalue weighted by Gasteiger charge is -2.23. The predicted octanol–water partition coefficient (Wildman–Crippen LogP) is 3.53. The molecule has 0 aliphatic heterocycles. The van der Waals surface area contributed by atoms with Gasteiger partial charge in [-0.2, -0.15) is 0 Å². The van der Waals surface area contributed by atoms with E-state index >= 15 is 0 Å². The van der Waals surface area contributed by atoms with Crippen molar-refractivity contribution >= 4 is 11.8 Å². The monoisotopic (exact) mass is 331 g/mol. The SMILES string of the molecule is CC(C)(C)OC(=O)NNC(c1ccc(N)cc1)c1ccc(F)cc1. The standard InChI is InChI=1S/C18H22FN3O2/c1-18(2,3)24-17(23)22-21-16(12-4-8-14(19)9-5-12)13-6-10-15(20)11-7-13/h4-11,16,21H,20H2,1-3H3,(H,22,23). The van der Waals surface area contributed by atoms with E-state index in [-0.39, 0.29) is 11.9 Å². The highest BCUT2D eigenvalue weighted by Crippen LogP contribution is 2.23. The number of hydrazine groups is 1. The first-order valence-corrected chi connectivity index (χ1v) is 7.60. The van der Waals surface area contributed by atoms with Crippen LogP contribution in [0.5, 0.6) is 0 Å². The van der Waals surface area contributed by atoms with Crippen LogP contribution in [-0.4, -0.2) is 11.7 Å². The summed E-state index contributed by atoms with van der Waals surface area (Å²) in [7, 11) is 0. The molecule has 0 saturated carbocycles. The average Bonchev–Trinajstić information content (AvgIpc) is 2.49. The summed E-state index contributed by atoms with van der Waals surface area (Å²) < 4.78 is 18.4. The summed E-state index contributed by atoms with van der Waals surface area (Å²) in [4.78, 5) is 11.9. The molecular formula is C18H22FN3O2. The van der Waals surface area contributed by atoms with Crippen LogP contribution in [0.3, 0.4) is 0 Å². The number of carbonyl (C=O) groups is 1. The van der Waals surface area contributed by atoms with Crippen LogP contribution >= 0.6 is 0 Å². The Morgan fingerprint density at radius 2 is 1.54 bits per heavy atom. The van der Waals surface area contributed by atoms with Crippen molar-refractivity contribution in [2.45, 2.75) is 32.4 Å². The van der Waals surface area contributed by atoms with Gasteiger partial charge in [-0.05, 0) is 56.2 Å². The molecule has 0 heterocycles. The molecule has 2 rings (SSSR count). The molecule has 2 aromatic carbocycles. The summed E-state index contributed by atoms with van der Waals surface area (Å²) in [5.74, 6) is -0.324. The number of benzene rings is 2. The Balaban J connectivity index is 2.18. The van der Waals surface area contributed by atoms with Crippen molar-refractivity contribution < 1.29 is 13.9 Å². The molecule has 6 heteroatoms. The van der Waals surface area contributed by atoms with Crippen LogP contribution in [0.2, 0.25) is 0 Å². The largest absolute Gasteiger partial charge is 0.443 e. The van der Waals surface area contributed by atoms with E-state index in [1.807, 2.05) is 12.1 Å². The minimum absolute atomic E-state index is 0.324. The van der Waals surface area contributed by atoms with Crippen LogP contribution in [0.25, 0.3) is 0 Å². The Morgan fingerprint density at radius 1 is 1.04 bits per heavy atom. The Hall–Kier alpha value is -2.60. The lowest BCUT2D eigenvalue weighted by molar-refractivity contribution is 0.0491. The van der Waals surface area contributed by atoms with Gasteiger partial charge in [-0.1, -0.05) is 24.3 Å². The van der Waals surface area contributed by atoms with E-state index < -0.39 is 11.7 Å². The molecule has 1 amide bonds. The Morgan fingerprint density at radius 3 is 2.04 bits per heavy atom. The van der Waals surface area contributed by atoms with Crippen molar-refractivity contribution in [1.82, 2.24) is 10.9 Å². The van der Waals surface area contributed by atoms with Crippen molar-refractivity contribution in [3.05, 3.63) is 65.5 Å². The normalized spacial score (nSPS) is 12.5. The number of halogens is 1. The molecule has 2 aromatic rings. The maximum atomic E-state index is 13.2. The molecule has 0 aliphatic carbocycles. The number of nitrogens with one attached hydrogen (secondary N) is 2. The summed E-state index contributed by atoms with van der Waals surface area (Å²) in [6.45, 7) is 5.35. The molecule has 0 aromatic heterocycles. The number of anilines is 1. The number of carbonyl (C=O) groups excluding carboxylic acids is 1. The third kappa shape index (κ3) is 5.24. The van der Waals surface area contributed by atoms with Crippen molar-refractivity contribution in [3.63, 3.8) is 0 Å². The first kappa shape index (κ1) is 17.7. The highest BCUT2D eigenvalue weighted by atomic mass is 19.1. The lowest BCUT2D eigenvalue weighted by atomic mass is 9.99. The number of ether oxygens (including phenoxy) is 1. The maximum Gasteiger partial charge on any atom is 0.422 e. The number of nitrogen functional groups attached to an aromatic ring is 1. The fourth-order valence-electron chi connectivity index (χ4n) is 2.14. The van der Waals surface area contributed by atoms with E-state index in [4.69, 9.17) is 10.5 Å². The van der Waals surface area contributed by atoms with Gasteiger partial charge in [0.2, 0.25) is 0 Å². The zero-order chi connectivity index (χ0) is 17.7. The van der Waals surface area contributed by atoms with Gasteiger partial charge < -0.3 is 10.5 Å². The molecule has 0 fully saturated rings. The summed E-state index contributed by atoms with van der Waals surface area (Å²) in [5.41, 5.74) is 12.9. The summed E-state index contributed by atoms with van der Waals surface area (Å²) in [6, 6.07) is 12.9. The van der Waals surface area contributed by atoms with Crippen LogP contribution in [0.1, 0.15) is 37.9 Å². The van der Waals surface area contributed by atoms with E-state index in [1.54, 1.807) is 45.0 Å². The molecule has 0 saturated heterocycles. The molecule has 1 atom stereocenters. The number of hydrogen-bond acceptors (Lipinski definition) is 4. The number of amides is 1. The van der Waals surface area contributed by atoms with Gasteiger partial charge >= 0.3 is 6.09 Å². The van der Waals surface area contributed by atoms with E-state index in [0.717, 1.165) is 11.1 Å². The van der Waals surface area contributed by atoms with Gasteiger partial charge in [0.1, 0.15) is 11.4 Å². The smallest absolute Gasteiger partial charge is 0.422 e. The molecule has 0 spiro atoms. The Kier molecular flexibility index (Phi) is 5.41. The Labute approximate surface area is 141 Å². The molecule has 128 valence electrons. The average molecular weight is 331 g/mol. The van der Waals surface area contributed by atoms with Gasteiger partial charge in [0, 0.05) is 5.69 Å². The molecule has 0 bridgehead atoms. The minimum Gasteiger partial charge on any atom is -0.443 e. The number of rotatable bonds is 4. The van der Waals surface area contributed by atoms with Crippen LogP contribution < -0.4 is 16.6 Å². The zero-order valence-electron chi connectivity index (χ0n) is 14.0. The molecule has 0 radical (unpaired) electrons. The molecule has 5 nitrogen and oxygen atoms in total. The summed E-state index contributed by atoms with van der Waals surface area (Å²) in [5, 5.41) is 0. The van der Waals surface area contributed by atoms with E-state index in [2.05, 4.69) is 10.9 Å². The molecule has 24 heavy (non-hydrogen) atoms. The van der Waals surface area contributed by atoms with Crippen molar-refractivity contribution in [1.29, 1.82) is 0 Å². The van der Waals surface area contributed by atoms with Crippen LogP contribution in [0.4, 0.5) is 14.9 Å². The minimum atomic E-state index is -0.599. The van der Waals surface area contributed by atoms with Crippen molar-refractivity contribution in [2.24, 2.45) is 0 Å². The molecule has 4 N–H and O–H groups in total. The zero-order valence-corrected chi connectivity index (χ0v) is 14.0. The highest BCUT2D eigenvalue weighted by molar-refractivity contribution is 5.67. The Bertz CT molecular complexity index is 633. The van der Waals surface area contributed by atoms with Gasteiger partial charge in [0.25, 0.3) is 0 Å². The second-order valence-corrected chi connectivity index (χ2v) is 6.42. The van der Waals surface area contributed by atoms with Gasteiger partial charge in [-0.3, -0.25) is 5.43 Å². The topological polar surface area (TPSA) is 76.4 Å². The lowest BCUT2D eigenvalue weighted by Crippen LogP contribution is -2.43. The molecular weight excluding hydrogens is 309 g/mol. The summed E-state index contributed by atoms with van der Waals surface area (Å²) in [6.07, 6.45) is -0.593. The number of hydrogen-bond donors (Lipinski definition) is 3. The van der Waals surface area contributed by atoms with Gasteiger partial charge in [0.05, 0.1) is 6.04 Å². The maximum absolute atomic E-state index is 13.2. The fraction of sp³-hybridized carbons (Fsp3) is 0.278. The van der Waals surface area contributed by atoms with E-state index in [1.165, 1.54) is 12.1 Å². The summed E-state index contributed by atoms with van der Waals surface area (Å²) >= 11 is 0. The third-order valence-corrected chi connectivity index (χ3v) is 3.19. The van der Waals surface area contributed by atoms with Crippen LogP contribution in [-0.2, 0) is 4.74 Å². The van der Waals surface area contributed by atoms with Crippen LogP contribution in [0.15, 0.2) is 48.5 Å². The van der Waals surface area contributed by atoms with Crippen molar-refractivity contribution in [2.75, 3.05) is 5.73 Å². The molecule has 0 aliphatic rings. The van der Waals surface area contributed by atoms with Gasteiger partial charge in [-0.15, -0.1) is 0 Å².